The smallest absolute Gasteiger partial charge is 0.255 e. The van der Waals surface area contributed by atoms with E-state index >= 15 is 0 Å². The molecule has 20 heavy (non-hydrogen) atoms. The molecule has 0 aliphatic carbocycles. The highest BCUT2D eigenvalue weighted by molar-refractivity contribution is 9.10. The normalized spacial score (nSPS) is 10.4. The molecule has 0 spiro atoms. The largest absolute Gasteiger partial charge is 0.322 e. The number of aryl methyl sites for hydroxylation is 2. The summed E-state index contributed by atoms with van der Waals surface area (Å²) in [4.78, 5) is 12.2. The third-order valence-corrected chi connectivity index (χ3v) is 3.80. The molecule has 0 radical (unpaired) electrons. The molecule has 0 heterocycles. The molecule has 0 saturated carbocycles. The minimum Gasteiger partial charge on any atom is -0.322 e. The zero-order valence-electron chi connectivity index (χ0n) is 10.9. The van der Waals surface area contributed by atoms with Crippen molar-refractivity contribution in [3.8, 4) is 0 Å². The Labute approximate surface area is 130 Å². The third kappa shape index (κ3) is 3.19. The van der Waals surface area contributed by atoms with Crippen molar-refractivity contribution in [2.24, 2.45) is 0 Å². The predicted octanol–water partition coefficient (Wildman–Crippen LogP) is 5.11. The Hall–Kier alpha value is -1.39. The van der Waals surface area contributed by atoms with Crippen molar-refractivity contribution in [1.82, 2.24) is 0 Å². The Bertz CT molecular complexity index is 688. The summed E-state index contributed by atoms with van der Waals surface area (Å²) in [5.41, 5.74) is 2.49. The van der Waals surface area contributed by atoms with Crippen LogP contribution in [-0.2, 0) is 0 Å². The summed E-state index contributed by atoms with van der Waals surface area (Å²) in [7, 11) is 0. The Morgan fingerprint density at radius 1 is 1.20 bits per heavy atom. The lowest BCUT2D eigenvalue weighted by molar-refractivity contribution is 0.102. The fourth-order valence-electron chi connectivity index (χ4n) is 1.81. The molecule has 5 heteroatoms. The van der Waals surface area contributed by atoms with Gasteiger partial charge in [-0.3, -0.25) is 4.79 Å². The number of benzene rings is 2. The van der Waals surface area contributed by atoms with E-state index in [0.717, 1.165) is 11.1 Å². The van der Waals surface area contributed by atoms with Gasteiger partial charge in [0, 0.05) is 16.3 Å². The Morgan fingerprint density at radius 3 is 2.60 bits per heavy atom. The minimum atomic E-state index is -0.422. The molecule has 0 aromatic heterocycles. The van der Waals surface area contributed by atoms with Gasteiger partial charge in [0.15, 0.2) is 0 Å². The van der Waals surface area contributed by atoms with Crippen LogP contribution in [-0.4, -0.2) is 5.91 Å². The van der Waals surface area contributed by atoms with Gasteiger partial charge in [0.1, 0.15) is 5.82 Å². The van der Waals surface area contributed by atoms with Gasteiger partial charge in [0.05, 0.1) is 4.47 Å². The Morgan fingerprint density at radius 2 is 1.90 bits per heavy atom. The molecule has 1 N–H and O–H groups in total. The van der Waals surface area contributed by atoms with E-state index in [1.807, 2.05) is 6.92 Å². The van der Waals surface area contributed by atoms with E-state index in [0.29, 0.717) is 20.7 Å². The molecule has 0 atom stereocenters. The molecule has 0 aliphatic heterocycles. The summed E-state index contributed by atoms with van der Waals surface area (Å²) >= 11 is 9.00. The van der Waals surface area contributed by atoms with Crippen LogP contribution in [0.15, 0.2) is 34.8 Å². The maximum atomic E-state index is 13.5. The van der Waals surface area contributed by atoms with Crippen LogP contribution in [0.25, 0.3) is 0 Å². The molecule has 0 unspecified atom stereocenters. The molecule has 0 aliphatic rings. The zero-order valence-corrected chi connectivity index (χ0v) is 13.3. The van der Waals surface area contributed by atoms with Gasteiger partial charge < -0.3 is 5.32 Å². The van der Waals surface area contributed by atoms with Gasteiger partial charge in [-0.2, -0.15) is 0 Å². The highest BCUT2D eigenvalue weighted by atomic mass is 79.9. The lowest BCUT2D eigenvalue weighted by Gasteiger charge is -2.11. The number of hydrogen-bond acceptors (Lipinski definition) is 1. The molecule has 2 aromatic rings. The first-order valence-corrected chi connectivity index (χ1v) is 7.08. The van der Waals surface area contributed by atoms with Gasteiger partial charge >= 0.3 is 0 Å². The maximum Gasteiger partial charge on any atom is 0.255 e. The topological polar surface area (TPSA) is 29.1 Å². The minimum absolute atomic E-state index is 0.310. The summed E-state index contributed by atoms with van der Waals surface area (Å²) in [6, 6.07) is 7.99. The molecule has 2 aromatic carbocycles. The van der Waals surface area contributed by atoms with Gasteiger partial charge in [-0.15, -0.1) is 0 Å². The van der Waals surface area contributed by atoms with Crippen LogP contribution in [0, 0.1) is 19.7 Å². The lowest BCUT2D eigenvalue weighted by atomic mass is 10.1. The van der Waals surface area contributed by atoms with Gasteiger partial charge in [0.25, 0.3) is 5.91 Å². The first kappa shape index (κ1) is 15.0. The molecule has 1 amide bonds. The monoisotopic (exact) mass is 355 g/mol. The molecule has 104 valence electrons. The van der Waals surface area contributed by atoms with Crippen molar-refractivity contribution in [3.05, 3.63) is 62.3 Å². The number of halogens is 3. The van der Waals surface area contributed by atoms with E-state index in [4.69, 9.17) is 11.6 Å². The number of hydrogen-bond donors (Lipinski definition) is 1. The van der Waals surface area contributed by atoms with Gasteiger partial charge in [-0.25, -0.2) is 4.39 Å². The quantitative estimate of drug-likeness (QED) is 0.796. The van der Waals surface area contributed by atoms with E-state index in [9.17, 15) is 9.18 Å². The Kier molecular flexibility index (Phi) is 4.45. The standard InChI is InChI=1S/C15H12BrClFNO/c1-8-3-4-10(17)6-11(8)15(20)19-14-7-13(18)12(16)5-9(14)2/h3-7H,1-2H3,(H,19,20). The first-order valence-electron chi connectivity index (χ1n) is 5.91. The van der Waals surface area contributed by atoms with Crippen molar-refractivity contribution in [2.75, 3.05) is 5.32 Å². The molecular formula is C15H12BrClFNO. The average molecular weight is 357 g/mol. The fraction of sp³-hybridized carbons (Fsp3) is 0.133. The van der Waals surface area contributed by atoms with Crippen LogP contribution in [0.2, 0.25) is 5.02 Å². The first-order chi connectivity index (χ1) is 9.38. The molecule has 0 fully saturated rings. The van der Waals surface area contributed by atoms with Crippen molar-refractivity contribution >= 4 is 39.1 Å². The molecule has 0 bridgehead atoms. The zero-order chi connectivity index (χ0) is 14.9. The van der Waals surface area contributed by atoms with Gasteiger partial charge in [-0.05, 0) is 65.2 Å². The average Bonchev–Trinajstić information content (AvgIpc) is 2.38. The molecule has 2 rings (SSSR count). The summed E-state index contributed by atoms with van der Waals surface area (Å²) in [5.74, 6) is -0.733. The summed E-state index contributed by atoms with van der Waals surface area (Å²) in [6.07, 6.45) is 0. The van der Waals surface area contributed by atoms with E-state index < -0.39 is 5.82 Å². The number of nitrogens with one attached hydrogen (secondary N) is 1. The van der Waals surface area contributed by atoms with E-state index in [-0.39, 0.29) is 5.91 Å². The molecular weight excluding hydrogens is 345 g/mol. The number of carbonyl (C=O) groups is 1. The van der Waals surface area contributed by atoms with Crippen LogP contribution in [0.3, 0.4) is 0 Å². The van der Waals surface area contributed by atoms with Gasteiger partial charge in [0.2, 0.25) is 0 Å². The molecule has 2 nitrogen and oxygen atoms in total. The summed E-state index contributed by atoms with van der Waals surface area (Å²) in [5, 5.41) is 3.19. The van der Waals surface area contributed by atoms with Gasteiger partial charge in [-0.1, -0.05) is 17.7 Å². The van der Waals surface area contributed by atoms with Crippen LogP contribution >= 0.6 is 27.5 Å². The highest BCUT2D eigenvalue weighted by Gasteiger charge is 2.12. The highest BCUT2D eigenvalue weighted by Crippen LogP contribution is 2.25. The fourth-order valence-corrected chi connectivity index (χ4v) is 2.44. The van der Waals surface area contributed by atoms with E-state index in [2.05, 4.69) is 21.2 Å². The second kappa shape index (κ2) is 5.94. The van der Waals surface area contributed by atoms with E-state index in [1.165, 1.54) is 6.07 Å². The van der Waals surface area contributed by atoms with Crippen LogP contribution in [0.4, 0.5) is 10.1 Å². The number of rotatable bonds is 2. The van der Waals surface area contributed by atoms with Crippen molar-refractivity contribution in [1.29, 1.82) is 0 Å². The van der Waals surface area contributed by atoms with Crippen LogP contribution < -0.4 is 5.32 Å². The van der Waals surface area contributed by atoms with Crippen molar-refractivity contribution < 1.29 is 9.18 Å². The van der Waals surface area contributed by atoms with Crippen molar-refractivity contribution in [3.63, 3.8) is 0 Å². The predicted molar refractivity (Wildman–Crippen MR) is 83.0 cm³/mol. The van der Waals surface area contributed by atoms with Crippen LogP contribution in [0.5, 0.6) is 0 Å². The van der Waals surface area contributed by atoms with E-state index in [1.54, 1.807) is 31.2 Å². The second-order valence-electron chi connectivity index (χ2n) is 4.49. The Balaban J connectivity index is 2.32. The number of anilines is 1. The second-order valence-corrected chi connectivity index (χ2v) is 5.79. The number of carbonyl (C=O) groups excluding carboxylic acids is 1. The summed E-state index contributed by atoms with van der Waals surface area (Å²) in [6.45, 7) is 3.62. The third-order valence-electron chi connectivity index (χ3n) is 2.96. The lowest BCUT2D eigenvalue weighted by Crippen LogP contribution is -2.14. The number of amides is 1. The van der Waals surface area contributed by atoms with Crippen molar-refractivity contribution in [2.45, 2.75) is 13.8 Å². The summed E-state index contributed by atoms with van der Waals surface area (Å²) < 4.78 is 13.9. The van der Waals surface area contributed by atoms with Crippen LogP contribution in [0.1, 0.15) is 21.5 Å². The maximum absolute atomic E-state index is 13.5. The SMILES string of the molecule is Cc1cc(Br)c(F)cc1NC(=O)c1cc(Cl)ccc1C. The molecule has 0 saturated heterocycles.